The Labute approximate surface area is 119 Å². The maximum Gasteiger partial charge on any atom is 0.325 e. The second kappa shape index (κ2) is 4.57. The fourth-order valence-corrected chi connectivity index (χ4v) is 4.62. The van der Waals surface area contributed by atoms with Crippen LogP contribution in [0.5, 0.6) is 0 Å². The Morgan fingerprint density at radius 1 is 1.42 bits per heavy atom. The van der Waals surface area contributed by atoms with Gasteiger partial charge in [0, 0.05) is 16.1 Å². The van der Waals surface area contributed by atoms with Crippen molar-refractivity contribution in [3.05, 3.63) is 34.3 Å². The zero-order valence-corrected chi connectivity index (χ0v) is 12.6. The van der Waals surface area contributed by atoms with Crippen LogP contribution in [0.2, 0.25) is 0 Å². The van der Waals surface area contributed by atoms with Gasteiger partial charge in [0.1, 0.15) is 5.54 Å². The molecule has 3 N–H and O–H groups in total. The van der Waals surface area contributed by atoms with Crippen molar-refractivity contribution in [1.82, 2.24) is 0 Å². The van der Waals surface area contributed by atoms with Gasteiger partial charge in [-0.3, -0.25) is 4.79 Å². The van der Waals surface area contributed by atoms with Crippen molar-refractivity contribution in [3.8, 4) is 0 Å². The van der Waals surface area contributed by atoms with Gasteiger partial charge in [0.25, 0.3) is 0 Å². The average Bonchev–Trinajstić information content (AvgIpc) is 2.99. The number of carboxylic acid groups (broad SMARTS) is 1. The molecular formula is C12H14BrNO4S. The lowest BCUT2D eigenvalue weighted by atomic mass is 10.1. The number of aliphatic carboxylic acids is 1. The molecular weight excluding hydrogens is 334 g/mol. The highest BCUT2D eigenvalue weighted by Gasteiger charge is 2.73. The third-order valence-corrected chi connectivity index (χ3v) is 6.34. The lowest BCUT2D eigenvalue weighted by Crippen LogP contribution is -2.40. The third kappa shape index (κ3) is 2.19. The Morgan fingerprint density at radius 3 is 2.37 bits per heavy atom. The van der Waals surface area contributed by atoms with Gasteiger partial charge in [-0.05, 0) is 17.7 Å². The van der Waals surface area contributed by atoms with Gasteiger partial charge >= 0.3 is 5.97 Å². The predicted octanol–water partition coefficient (Wildman–Crippen LogP) is 1.13. The van der Waals surface area contributed by atoms with Crippen LogP contribution in [0.4, 0.5) is 0 Å². The maximum atomic E-state index is 12.0. The Kier molecular flexibility index (Phi) is 3.49. The molecule has 7 heteroatoms. The molecule has 1 fully saturated rings. The number of hydrogen-bond donors (Lipinski definition) is 2. The Hall–Kier alpha value is -0.920. The third-order valence-electron chi connectivity index (χ3n) is 3.57. The van der Waals surface area contributed by atoms with Crippen molar-refractivity contribution in [3.63, 3.8) is 0 Å². The molecule has 2 rings (SSSR count). The van der Waals surface area contributed by atoms with E-state index in [0.717, 1.165) is 4.47 Å². The summed E-state index contributed by atoms with van der Waals surface area (Å²) in [7, 11) is -3.50. The monoisotopic (exact) mass is 347 g/mol. The molecule has 0 radical (unpaired) electrons. The van der Waals surface area contributed by atoms with Gasteiger partial charge in [-0.15, -0.1) is 0 Å². The van der Waals surface area contributed by atoms with E-state index in [-0.39, 0.29) is 5.75 Å². The van der Waals surface area contributed by atoms with E-state index in [9.17, 15) is 18.3 Å². The highest BCUT2D eigenvalue weighted by Crippen LogP contribution is 2.54. The van der Waals surface area contributed by atoms with Crippen molar-refractivity contribution in [2.45, 2.75) is 23.6 Å². The number of halogens is 1. The van der Waals surface area contributed by atoms with Crippen molar-refractivity contribution < 1.29 is 18.3 Å². The average molecular weight is 348 g/mol. The Morgan fingerprint density at radius 2 is 1.95 bits per heavy atom. The normalized spacial score (nSPS) is 30.1. The number of carboxylic acids is 1. The number of benzene rings is 1. The first-order chi connectivity index (χ1) is 8.75. The summed E-state index contributed by atoms with van der Waals surface area (Å²) >= 11 is 3.27. The van der Waals surface area contributed by atoms with Crippen LogP contribution < -0.4 is 5.73 Å². The second-order valence-corrected chi connectivity index (χ2v) is 7.97. The molecule has 1 aromatic carbocycles. The van der Waals surface area contributed by atoms with E-state index in [2.05, 4.69) is 15.9 Å². The van der Waals surface area contributed by atoms with E-state index in [4.69, 9.17) is 5.73 Å². The molecule has 0 aliphatic heterocycles. The summed E-state index contributed by atoms with van der Waals surface area (Å²) in [4.78, 5) is 11.3. The topological polar surface area (TPSA) is 97.5 Å². The fourth-order valence-electron chi connectivity index (χ4n) is 2.43. The van der Waals surface area contributed by atoms with Gasteiger partial charge in [0.15, 0.2) is 9.84 Å². The van der Waals surface area contributed by atoms with Crippen LogP contribution in [0.25, 0.3) is 0 Å². The summed E-state index contributed by atoms with van der Waals surface area (Å²) in [5.41, 5.74) is 4.73. The molecule has 1 aliphatic rings. The first-order valence-corrected chi connectivity index (χ1v) is 8.25. The quantitative estimate of drug-likeness (QED) is 0.850. The molecule has 0 amide bonds. The number of rotatable bonds is 4. The van der Waals surface area contributed by atoms with Gasteiger partial charge in [0.05, 0.1) is 5.25 Å². The zero-order valence-electron chi connectivity index (χ0n) is 10.2. The Balaban J connectivity index is 2.45. The summed E-state index contributed by atoms with van der Waals surface area (Å²) in [6, 6.07) is 6.88. The summed E-state index contributed by atoms with van der Waals surface area (Å²) in [6.07, 6.45) is 0. The Bertz CT molecular complexity index is 613. The zero-order chi connectivity index (χ0) is 14.4. The number of carbonyl (C=O) groups is 1. The van der Waals surface area contributed by atoms with Gasteiger partial charge in [0.2, 0.25) is 0 Å². The number of hydrogen-bond acceptors (Lipinski definition) is 4. The minimum atomic E-state index is -3.50. The summed E-state index contributed by atoms with van der Waals surface area (Å²) in [5, 5.41) is 8.18. The summed E-state index contributed by atoms with van der Waals surface area (Å²) in [6.45, 7) is 1.49. The molecule has 0 saturated heterocycles. The molecule has 0 spiro atoms. The lowest BCUT2D eigenvalue weighted by Gasteiger charge is -2.05. The van der Waals surface area contributed by atoms with Crippen molar-refractivity contribution >= 4 is 31.7 Å². The first kappa shape index (κ1) is 14.5. The van der Waals surface area contributed by atoms with E-state index in [1.807, 2.05) is 0 Å². The minimum absolute atomic E-state index is 0.114. The molecule has 0 heterocycles. The van der Waals surface area contributed by atoms with Crippen molar-refractivity contribution in [1.29, 1.82) is 0 Å². The highest BCUT2D eigenvalue weighted by atomic mass is 79.9. The SMILES string of the molecule is CCS(=O)(=O)[C@@H]1[C@@H](c2ccc(Br)cc2)[C@]1(N)C(=O)O. The molecule has 0 unspecified atom stereocenters. The summed E-state index contributed by atoms with van der Waals surface area (Å²) < 4.78 is 24.8. The van der Waals surface area contributed by atoms with Crippen LogP contribution in [0.3, 0.4) is 0 Å². The number of nitrogens with two attached hydrogens (primary N) is 1. The number of sulfone groups is 1. The largest absolute Gasteiger partial charge is 0.480 e. The molecule has 5 nitrogen and oxygen atoms in total. The standard InChI is InChI=1S/C12H14BrNO4S/c1-2-19(17,18)10-9(12(10,14)11(15)16)7-3-5-8(13)6-4-7/h3-6,9-10H,2,14H2,1H3,(H,15,16)/t9-,10-,12-/m1/s1. The molecule has 19 heavy (non-hydrogen) atoms. The molecule has 0 aromatic heterocycles. The van der Waals surface area contributed by atoms with Crippen LogP contribution in [-0.4, -0.2) is 36.0 Å². The molecule has 0 bridgehead atoms. The maximum absolute atomic E-state index is 12.0. The molecule has 3 atom stereocenters. The van der Waals surface area contributed by atoms with Gasteiger partial charge in [-0.1, -0.05) is 35.0 Å². The molecule has 1 aliphatic carbocycles. The first-order valence-electron chi connectivity index (χ1n) is 5.74. The second-order valence-electron chi connectivity index (χ2n) is 4.64. The van der Waals surface area contributed by atoms with E-state index in [0.29, 0.717) is 5.56 Å². The minimum Gasteiger partial charge on any atom is -0.480 e. The van der Waals surface area contributed by atoms with E-state index >= 15 is 0 Å². The molecule has 1 saturated carbocycles. The molecule has 1 aromatic rings. The van der Waals surface area contributed by atoms with E-state index in [1.54, 1.807) is 24.3 Å². The smallest absolute Gasteiger partial charge is 0.325 e. The molecule has 104 valence electrons. The van der Waals surface area contributed by atoms with Crippen LogP contribution >= 0.6 is 15.9 Å². The van der Waals surface area contributed by atoms with Crippen LogP contribution in [0.15, 0.2) is 28.7 Å². The van der Waals surface area contributed by atoms with Crippen molar-refractivity contribution in [2.75, 3.05) is 5.75 Å². The van der Waals surface area contributed by atoms with Gasteiger partial charge in [-0.2, -0.15) is 0 Å². The van der Waals surface area contributed by atoms with E-state index < -0.39 is 32.5 Å². The summed E-state index contributed by atoms with van der Waals surface area (Å²) in [5.74, 6) is -2.08. The predicted molar refractivity (Wildman–Crippen MR) is 74.7 cm³/mol. The van der Waals surface area contributed by atoms with Crippen LogP contribution in [0.1, 0.15) is 18.4 Å². The van der Waals surface area contributed by atoms with Crippen LogP contribution in [0, 0.1) is 0 Å². The highest BCUT2D eigenvalue weighted by molar-refractivity contribution is 9.10. The fraction of sp³-hybridized carbons (Fsp3) is 0.417. The lowest BCUT2D eigenvalue weighted by molar-refractivity contribution is -0.139. The van der Waals surface area contributed by atoms with Crippen molar-refractivity contribution in [2.24, 2.45) is 5.73 Å². The van der Waals surface area contributed by atoms with Crippen LogP contribution in [-0.2, 0) is 14.6 Å². The van der Waals surface area contributed by atoms with Gasteiger partial charge < -0.3 is 10.8 Å². The van der Waals surface area contributed by atoms with Gasteiger partial charge in [-0.25, -0.2) is 8.42 Å². The van der Waals surface area contributed by atoms with E-state index in [1.165, 1.54) is 6.92 Å².